The topological polar surface area (TPSA) is 59.2 Å². The van der Waals surface area contributed by atoms with Crippen LogP contribution >= 0.6 is 11.3 Å². The van der Waals surface area contributed by atoms with Crippen LogP contribution in [0, 0.1) is 0 Å². The summed E-state index contributed by atoms with van der Waals surface area (Å²) >= 11 is 1.26. The molecule has 0 bridgehead atoms. The van der Waals surface area contributed by atoms with Crippen molar-refractivity contribution >= 4 is 29.3 Å². The minimum atomic E-state index is -0.207. The predicted molar refractivity (Wildman–Crippen MR) is 121 cm³/mol. The first-order chi connectivity index (χ1) is 14.6. The first kappa shape index (κ1) is 19.6. The van der Waals surface area contributed by atoms with Crippen molar-refractivity contribution in [3.63, 3.8) is 0 Å². The molecule has 5 heteroatoms. The third-order valence-electron chi connectivity index (χ3n) is 4.63. The number of ketones is 1. The summed E-state index contributed by atoms with van der Waals surface area (Å²) in [4.78, 5) is 27.5. The van der Waals surface area contributed by atoms with Gasteiger partial charge in [0.2, 0.25) is 0 Å². The van der Waals surface area contributed by atoms with Crippen molar-refractivity contribution in [3.05, 3.63) is 110 Å². The van der Waals surface area contributed by atoms with E-state index in [2.05, 4.69) is 17.1 Å². The van der Waals surface area contributed by atoms with Gasteiger partial charge in [0.1, 0.15) is 5.75 Å². The molecule has 4 nitrogen and oxygen atoms in total. The van der Waals surface area contributed by atoms with Crippen LogP contribution in [0.3, 0.4) is 0 Å². The van der Waals surface area contributed by atoms with Gasteiger partial charge in [-0.2, -0.15) is 0 Å². The number of carbonyl (C=O) groups is 1. The van der Waals surface area contributed by atoms with Gasteiger partial charge >= 0.3 is 0 Å². The second-order valence-electron chi connectivity index (χ2n) is 6.65. The molecule has 3 aromatic carbocycles. The molecule has 0 aliphatic rings. The monoisotopic (exact) mass is 413 g/mol. The molecule has 1 aromatic heterocycles. The number of carbonyl (C=O) groups excluding carboxylic acids is 1. The molecule has 0 aliphatic heterocycles. The lowest BCUT2D eigenvalue weighted by Crippen LogP contribution is -2.20. The van der Waals surface area contributed by atoms with E-state index in [1.165, 1.54) is 17.4 Å². The number of H-pyrrole nitrogens is 1. The summed E-state index contributed by atoms with van der Waals surface area (Å²) < 4.78 is 6.18. The number of aromatic nitrogens is 1. The predicted octanol–water partition coefficient (Wildman–Crippen LogP) is 3.60. The van der Waals surface area contributed by atoms with Gasteiger partial charge < -0.3 is 9.72 Å². The molecule has 0 atom stereocenters. The van der Waals surface area contributed by atoms with E-state index in [9.17, 15) is 9.59 Å². The summed E-state index contributed by atoms with van der Waals surface area (Å²) in [6, 6.07) is 25.0. The quantitative estimate of drug-likeness (QED) is 0.509. The Kier molecular flexibility index (Phi) is 5.72. The van der Waals surface area contributed by atoms with Crippen LogP contribution in [0.1, 0.15) is 15.9 Å². The summed E-state index contributed by atoms with van der Waals surface area (Å²) in [6.07, 6.45) is 3.27. The van der Waals surface area contributed by atoms with Crippen molar-refractivity contribution in [2.45, 2.75) is 0 Å². The Bertz CT molecular complexity index is 1330. The number of rotatable bonds is 5. The Morgan fingerprint density at radius 3 is 2.23 bits per heavy atom. The van der Waals surface area contributed by atoms with Crippen molar-refractivity contribution in [1.29, 1.82) is 0 Å². The highest BCUT2D eigenvalue weighted by atomic mass is 32.1. The van der Waals surface area contributed by atoms with Gasteiger partial charge in [-0.25, -0.2) is 0 Å². The molecule has 0 fully saturated rings. The van der Waals surface area contributed by atoms with Crippen LogP contribution in [-0.2, 0) is 0 Å². The Morgan fingerprint density at radius 2 is 1.57 bits per heavy atom. The molecular formula is C25H19NO3S. The fourth-order valence-corrected chi connectivity index (χ4v) is 3.92. The van der Waals surface area contributed by atoms with E-state index in [1.54, 1.807) is 31.4 Å². The number of hydrogen-bond donors (Lipinski definition) is 1. The van der Waals surface area contributed by atoms with E-state index in [4.69, 9.17) is 4.74 Å². The van der Waals surface area contributed by atoms with Gasteiger partial charge in [0.05, 0.1) is 16.3 Å². The molecule has 0 radical (unpaired) electrons. The highest BCUT2D eigenvalue weighted by molar-refractivity contribution is 7.07. The Hall–Kier alpha value is -3.70. The van der Waals surface area contributed by atoms with Gasteiger partial charge in [-0.05, 0) is 47.0 Å². The molecule has 148 valence electrons. The molecule has 0 saturated heterocycles. The lowest BCUT2D eigenvalue weighted by atomic mass is 10.0. The molecule has 0 saturated carbocycles. The van der Waals surface area contributed by atoms with Crippen LogP contribution in [0.15, 0.2) is 83.7 Å². The minimum Gasteiger partial charge on any atom is -0.497 e. The standard InChI is InChI=1S/C25H19NO3S/c1-29-21-13-11-20(12-14-21)22(27)16-24-26-25(28)23(30-24)15-17-7-9-19(10-8-17)18-5-3-2-4-6-18/h2-16H,1H3,(H,26,28)/b23-15+,24-16+. The van der Waals surface area contributed by atoms with Crippen molar-refractivity contribution in [1.82, 2.24) is 4.98 Å². The molecule has 30 heavy (non-hydrogen) atoms. The molecule has 4 rings (SSSR count). The maximum atomic E-state index is 12.4. The molecule has 0 amide bonds. The van der Waals surface area contributed by atoms with Crippen LogP contribution in [0.25, 0.3) is 23.3 Å². The first-order valence-electron chi connectivity index (χ1n) is 9.39. The number of Topliss-reactive ketones (excluding diaryl/α,β-unsaturated/α-hetero) is 1. The van der Waals surface area contributed by atoms with Gasteiger partial charge in [0.25, 0.3) is 5.56 Å². The second kappa shape index (κ2) is 8.76. The average molecular weight is 413 g/mol. The van der Waals surface area contributed by atoms with Gasteiger partial charge in [-0.1, -0.05) is 54.6 Å². The number of aromatic amines is 1. The van der Waals surface area contributed by atoms with Crippen LogP contribution in [0.5, 0.6) is 5.75 Å². The maximum Gasteiger partial charge on any atom is 0.266 e. The summed E-state index contributed by atoms with van der Waals surface area (Å²) in [5.74, 6) is 0.514. The summed E-state index contributed by atoms with van der Waals surface area (Å²) in [5.41, 5.74) is 3.52. The Labute approximate surface area is 177 Å². The number of nitrogens with one attached hydrogen (secondary N) is 1. The first-order valence-corrected chi connectivity index (χ1v) is 10.2. The molecule has 0 unspecified atom stereocenters. The summed E-state index contributed by atoms with van der Waals surface area (Å²) in [6.45, 7) is 0. The van der Waals surface area contributed by atoms with Crippen molar-refractivity contribution < 1.29 is 9.53 Å². The lowest BCUT2D eigenvalue weighted by Gasteiger charge is -2.01. The SMILES string of the molecule is COc1ccc(C(=O)/C=c2\[nH]c(=O)/c(=C\c3ccc(-c4ccccc4)cc3)s2)cc1. The third-order valence-corrected chi connectivity index (χ3v) is 5.60. The number of methoxy groups -OCH3 is 1. The molecule has 1 heterocycles. The zero-order valence-electron chi connectivity index (χ0n) is 16.3. The Morgan fingerprint density at radius 1 is 0.900 bits per heavy atom. The summed E-state index contributed by atoms with van der Waals surface area (Å²) in [7, 11) is 1.58. The largest absolute Gasteiger partial charge is 0.497 e. The van der Waals surface area contributed by atoms with Gasteiger partial charge in [-0.3, -0.25) is 9.59 Å². The minimum absolute atomic E-state index is 0.172. The Balaban J connectivity index is 1.60. The number of benzene rings is 3. The van der Waals surface area contributed by atoms with E-state index in [0.717, 1.165) is 16.7 Å². The molecule has 4 aromatic rings. The number of ether oxygens (including phenoxy) is 1. The number of thiazole rings is 1. The smallest absolute Gasteiger partial charge is 0.266 e. The number of hydrogen-bond acceptors (Lipinski definition) is 4. The van der Waals surface area contributed by atoms with Crippen LogP contribution in [0.4, 0.5) is 0 Å². The van der Waals surface area contributed by atoms with Gasteiger partial charge in [-0.15, -0.1) is 11.3 Å². The van der Waals surface area contributed by atoms with E-state index >= 15 is 0 Å². The fraction of sp³-hybridized carbons (Fsp3) is 0.0400. The zero-order valence-corrected chi connectivity index (χ0v) is 17.1. The normalized spacial score (nSPS) is 12.2. The van der Waals surface area contributed by atoms with E-state index < -0.39 is 0 Å². The maximum absolute atomic E-state index is 12.4. The van der Waals surface area contributed by atoms with Crippen LogP contribution < -0.4 is 19.5 Å². The van der Waals surface area contributed by atoms with E-state index in [-0.39, 0.29) is 11.3 Å². The highest BCUT2D eigenvalue weighted by Gasteiger charge is 2.04. The lowest BCUT2D eigenvalue weighted by molar-refractivity contribution is 0.106. The van der Waals surface area contributed by atoms with Crippen molar-refractivity contribution in [2.75, 3.05) is 7.11 Å². The van der Waals surface area contributed by atoms with Crippen LogP contribution in [0.2, 0.25) is 0 Å². The van der Waals surface area contributed by atoms with Crippen LogP contribution in [-0.4, -0.2) is 17.9 Å². The molecular weight excluding hydrogens is 394 g/mol. The molecule has 1 N–H and O–H groups in total. The third kappa shape index (κ3) is 4.47. The van der Waals surface area contributed by atoms with E-state index in [1.807, 2.05) is 48.5 Å². The van der Waals surface area contributed by atoms with E-state index in [0.29, 0.717) is 20.5 Å². The fourth-order valence-electron chi connectivity index (χ4n) is 3.04. The second-order valence-corrected chi connectivity index (χ2v) is 7.74. The molecule has 0 aliphatic carbocycles. The van der Waals surface area contributed by atoms with Crippen molar-refractivity contribution in [3.8, 4) is 16.9 Å². The van der Waals surface area contributed by atoms with Gasteiger partial charge in [0, 0.05) is 11.6 Å². The zero-order chi connectivity index (χ0) is 20.9. The molecule has 0 spiro atoms. The highest BCUT2D eigenvalue weighted by Crippen LogP contribution is 2.19. The van der Waals surface area contributed by atoms with Gasteiger partial charge in [0.15, 0.2) is 5.78 Å². The van der Waals surface area contributed by atoms with Crippen molar-refractivity contribution in [2.24, 2.45) is 0 Å². The average Bonchev–Trinajstić information content (AvgIpc) is 3.13. The summed E-state index contributed by atoms with van der Waals surface area (Å²) in [5, 5.41) is 0.